The third-order valence-corrected chi connectivity index (χ3v) is 6.16. The van der Waals surface area contributed by atoms with Crippen molar-refractivity contribution >= 4 is 40.5 Å². The first-order valence-electron chi connectivity index (χ1n) is 11.6. The zero-order valence-corrected chi connectivity index (χ0v) is 22.0. The molecule has 0 aromatic heterocycles. The number of carbonyl (C=O) groups is 3. The Morgan fingerprint density at radius 3 is 1.77 bits per heavy atom. The summed E-state index contributed by atoms with van der Waals surface area (Å²) in [6, 6.07) is -0.629. The van der Waals surface area contributed by atoms with Gasteiger partial charge in [0.2, 0.25) is 11.8 Å². The molecule has 0 aliphatic carbocycles. The molecule has 0 aromatic carbocycles. The van der Waals surface area contributed by atoms with Crippen LogP contribution in [0.2, 0.25) is 0 Å². The van der Waals surface area contributed by atoms with Crippen LogP contribution in [-0.4, -0.2) is 63.4 Å². The maximum absolute atomic E-state index is 12.4. The van der Waals surface area contributed by atoms with Crippen molar-refractivity contribution in [2.75, 3.05) is 33.7 Å². The van der Waals surface area contributed by atoms with Crippen LogP contribution < -0.4 is 24.8 Å². The van der Waals surface area contributed by atoms with E-state index in [2.05, 4.69) is 24.8 Å². The summed E-state index contributed by atoms with van der Waals surface area (Å²) in [6.07, 6.45) is 7.84. The Morgan fingerprint density at radius 2 is 1.26 bits per heavy atom. The van der Waals surface area contributed by atoms with Crippen molar-refractivity contribution in [3.63, 3.8) is 0 Å². The summed E-state index contributed by atoms with van der Waals surface area (Å²) in [5, 5.41) is 12.1. The lowest BCUT2D eigenvalue weighted by atomic mass is 10.0. The van der Waals surface area contributed by atoms with Crippen molar-refractivity contribution in [3.05, 3.63) is 0 Å². The predicted octanol–water partition coefficient (Wildman–Crippen LogP) is 2.07. The number of ketones is 1. The predicted molar refractivity (Wildman–Crippen MR) is 135 cm³/mol. The van der Waals surface area contributed by atoms with Gasteiger partial charge in [-0.1, -0.05) is 19.8 Å². The van der Waals surface area contributed by atoms with Gasteiger partial charge in [-0.25, -0.2) is 3.53 Å². The highest BCUT2D eigenvalue weighted by Crippen LogP contribution is 2.10. The van der Waals surface area contributed by atoms with E-state index < -0.39 is 6.04 Å². The fourth-order valence-electron chi connectivity index (χ4n) is 3.27. The van der Waals surface area contributed by atoms with Crippen LogP contribution in [0.4, 0.5) is 0 Å². The molecule has 0 radical (unpaired) electrons. The van der Waals surface area contributed by atoms with E-state index in [1.54, 1.807) is 0 Å². The molecule has 31 heavy (non-hydrogen) atoms. The maximum atomic E-state index is 12.4. The SMILES string of the molecule is CNCCCCC(C)C(=O)NC(CCCCNC(=O)C(CCCCNC)NI)C(C)=O. The monoisotopic (exact) mass is 553 g/mol. The Labute approximate surface area is 202 Å². The Bertz CT molecular complexity index is 508. The molecule has 0 spiro atoms. The molecule has 0 heterocycles. The lowest BCUT2D eigenvalue weighted by molar-refractivity contribution is -0.129. The number of unbranched alkanes of at least 4 members (excludes halogenated alkanes) is 3. The van der Waals surface area contributed by atoms with Crippen molar-refractivity contribution < 1.29 is 14.4 Å². The molecular formula is C22H44IN5O3. The molecule has 0 fully saturated rings. The van der Waals surface area contributed by atoms with E-state index in [0.29, 0.717) is 13.0 Å². The van der Waals surface area contributed by atoms with E-state index >= 15 is 0 Å². The lowest BCUT2D eigenvalue weighted by Gasteiger charge is -2.19. The largest absolute Gasteiger partial charge is 0.355 e. The quantitative estimate of drug-likeness (QED) is 0.0897. The number of halogens is 1. The van der Waals surface area contributed by atoms with E-state index in [1.807, 2.05) is 43.9 Å². The molecule has 3 unspecified atom stereocenters. The second-order valence-corrected chi connectivity index (χ2v) is 8.84. The summed E-state index contributed by atoms with van der Waals surface area (Å²) < 4.78 is 3.05. The van der Waals surface area contributed by atoms with E-state index in [1.165, 1.54) is 6.92 Å². The van der Waals surface area contributed by atoms with Crippen LogP contribution in [0.5, 0.6) is 0 Å². The van der Waals surface area contributed by atoms with Gasteiger partial charge in [-0.3, -0.25) is 14.4 Å². The average molecular weight is 554 g/mol. The minimum Gasteiger partial charge on any atom is -0.355 e. The minimum atomic E-state index is -0.445. The van der Waals surface area contributed by atoms with Crippen LogP contribution in [0, 0.1) is 5.92 Å². The lowest BCUT2D eigenvalue weighted by Crippen LogP contribution is -2.42. The first-order chi connectivity index (χ1) is 14.9. The highest BCUT2D eigenvalue weighted by molar-refractivity contribution is 14.1. The van der Waals surface area contributed by atoms with E-state index in [-0.39, 0.29) is 29.6 Å². The van der Waals surface area contributed by atoms with Gasteiger partial charge in [-0.2, -0.15) is 0 Å². The summed E-state index contributed by atoms with van der Waals surface area (Å²) in [5.74, 6) is -0.145. The average Bonchev–Trinajstić information content (AvgIpc) is 2.75. The number of hydrogen-bond donors (Lipinski definition) is 5. The highest BCUT2D eigenvalue weighted by Gasteiger charge is 2.20. The van der Waals surface area contributed by atoms with Gasteiger partial charge in [0.15, 0.2) is 5.78 Å². The number of nitrogens with one attached hydrogen (secondary N) is 5. The van der Waals surface area contributed by atoms with Gasteiger partial charge in [0.25, 0.3) is 0 Å². The van der Waals surface area contributed by atoms with Gasteiger partial charge in [0.1, 0.15) is 0 Å². The number of hydrogen-bond acceptors (Lipinski definition) is 6. The van der Waals surface area contributed by atoms with Crippen molar-refractivity contribution in [2.45, 2.75) is 83.7 Å². The van der Waals surface area contributed by atoms with Crippen molar-refractivity contribution in [3.8, 4) is 0 Å². The standard InChI is InChI=1S/C22H44IN5O3/c1-17(11-5-8-14-24-3)21(30)27-19(18(2)29)12-7-10-16-26-22(31)20(28-23)13-6-9-15-25-4/h17,19-20,24-25,28H,5-16H2,1-4H3,(H,26,31)(H,27,30). The second-order valence-electron chi connectivity index (χ2n) is 8.22. The molecule has 0 rings (SSSR count). The van der Waals surface area contributed by atoms with Crippen molar-refractivity contribution in [1.29, 1.82) is 0 Å². The molecule has 0 bridgehead atoms. The molecule has 8 nitrogen and oxygen atoms in total. The topological polar surface area (TPSA) is 111 Å². The molecular weight excluding hydrogens is 509 g/mol. The number of amides is 2. The second kappa shape index (κ2) is 19.9. The van der Waals surface area contributed by atoms with Gasteiger partial charge >= 0.3 is 0 Å². The molecule has 5 N–H and O–H groups in total. The Hall–Kier alpha value is -0.780. The molecule has 0 aromatic rings. The van der Waals surface area contributed by atoms with Gasteiger partial charge in [0, 0.05) is 35.3 Å². The van der Waals surface area contributed by atoms with Crippen LogP contribution in [0.1, 0.15) is 71.6 Å². The van der Waals surface area contributed by atoms with Crippen LogP contribution in [0.3, 0.4) is 0 Å². The molecule has 0 aliphatic rings. The maximum Gasteiger partial charge on any atom is 0.237 e. The third-order valence-electron chi connectivity index (χ3n) is 5.41. The Balaban J connectivity index is 4.16. The molecule has 0 aliphatic heterocycles. The van der Waals surface area contributed by atoms with Crippen LogP contribution in [0.25, 0.3) is 0 Å². The summed E-state index contributed by atoms with van der Waals surface area (Å²) in [7, 11) is 3.85. The number of rotatable bonds is 20. The van der Waals surface area contributed by atoms with Gasteiger partial charge < -0.3 is 21.3 Å². The summed E-state index contributed by atoms with van der Waals surface area (Å²) in [5.41, 5.74) is 0. The zero-order chi connectivity index (χ0) is 23.5. The number of Topliss-reactive ketones (excluding diaryl/α,β-unsaturated/α-hetero) is 1. The van der Waals surface area contributed by atoms with E-state index in [0.717, 1.165) is 64.5 Å². The molecule has 9 heteroatoms. The van der Waals surface area contributed by atoms with Crippen molar-refractivity contribution in [1.82, 2.24) is 24.8 Å². The first kappa shape index (κ1) is 30.2. The van der Waals surface area contributed by atoms with Gasteiger partial charge in [0.05, 0.1) is 12.1 Å². The summed E-state index contributed by atoms with van der Waals surface area (Å²) in [4.78, 5) is 36.6. The molecule has 2 amide bonds. The molecule has 3 atom stereocenters. The Morgan fingerprint density at radius 1 is 0.742 bits per heavy atom. The van der Waals surface area contributed by atoms with Crippen LogP contribution in [0.15, 0.2) is 0 Å². The molecule has 0 saturated heterocycles. The fraction of sp³-hybridized carbons (Fsp3) is 0.864. The fourth-order valence-corrected chi connectivity index (χ4v) is 3.86. The smallest absolute Gasteiger partial charge is 0.237 e. The van der Waals surface area contributed by atoms with Crippen LogP contribution in [-0.2, 0) is 14.4 Å². The zero-order valence-electron chi connectivity index (χ0n) is 19.8. The number of carbonyl (C=O) groups excluding carboxylic acids is 3. The molecule has 0 saturated carbocycles. The van der Waals surface area contributed by atoms with E-state index in [4.69, 9.17) is 0 Å². The Kier molecular flexibility index (Phi) is 19.4. The summed E-state index contributed by atoms with van der Waals surface area (Å²) in [6.45, 7) is 5.92. The normalized spacial score (nSPS) is 14.0. The van der Waals surface area contributed by atoms with Gasteiger partial charge in [-0.05, 0) is 79.1 Å². The highest BCUT2D eigenvalue weighted by atomic mass is 127. The van der Waals surface area contributed by atoms with Gasteiger partial charge in [-0.15, -0.1) is 0 Å². The summed E-state index contributed by atoms with van der Waals surface area (Å²) >= 11 is 2.03. The molecule has 182 valence electrons. The third kappa shape index (κ3) is 15.6. The van der Waals surface area contributed by atoms with E-state index in [9.17, 15) is 14.4 Å². The first-order valence-corrected chi connectivity index (χ1v) is 12.7. The minimum absolute atomic E-state index is 0.0161. The van der Waals surface area contributed by atoms with Crippen molar-refractivity contribution in [2.24, 2.45) is 5.92 Å². The van der Waals surface area contributed by atoms with Crippen LogP contribution >= 0.6 is 22.9 Å².